The van der Waals surface area contributed by atoms with Gasteiger partial charge in [0.2, 0.25) is 17.7 Å². The Balaban J connectivity index is 2.83. The van der Waals surface area contributed by atoms with Gasteiger partial charge in [-0.05, 0) is 18.9 Å². The van der Waals surface area contributed by atoms with E-state index >= 15 is 0 Å². The van der Waals surface area contributed by atoms with Crippen LogP contribution in [0.5, 0.6) is 0 Å². The number of rotatable bonds is 10. The average molecular weight is 365 g/mol. The van der Waals surface area contributed by atoms with Crippen LogP contribution in [0.1, 0.15) is 25.3 Å². The van der Waals surface area contributed by atoms with Crippen molar-refractivity contribution in [3.05, 3.63) is 35.9 Å². The summed E-state index contributed by atoms with van der Waals surface area (Å²) in [6.45, 7) is 1.39. The summed E-state index contributed by atoms with van der Waals surface area (Å²) in [6, 6.07) is 7.30. The summed E-state index contributed by atoms with van der Waals surface area (Å²) in [5.74, 6) is -1.84. The van der Waals surface area contributed by atoms with Crippen molar-refractivity contribution in [3.63, 3.8) is 0 Å². The fourth-order valence-corrected chi connectivity index (χ4v) is 2.30. The van der Waals surface area contributed by atoms with Gasteiger partial charge in [-0.2, -0.15) is 12.6 Å². The van der Waals surface area contributed by atoms with Crippen LogP contribution >= 0.6 is 12.6 Å². The first-order valence-electron chi connectivity index (χ1n) is 7.86. The van der Waals surface area contributed by atoms with E-state index in [9.17, 15) is 19.2 Å². The highest BCUT2D eigenvalue weighted by Crippen LogP contribution is 2.05. The molecule has 4 N–H and O–H groups in total. The van der Waals surface area contributed by atoms with E-state index in [1.165, 1.54) is 6.92 Å². The summed E-state index contributed by atoms with van der Waals surface area (Å²) >= 11 is 3.89. The van der Waals surface area contributed by atoms with Gasteiger partial charge < -0.3 is 21.2 Å². The van der Waals surface area contributed by atoms with Gasteiger partial charge in [-0.25, -0.2) is 0 Å². The summed E-state index contributed by atoms with van der Waals surface area (Å²) in [6.07, 6.45) is 0.500. The van der Waals surface area contributed by atoms with Crippen molar-refractivity contribution in [2.45, 2.75) is 38.3 Å². The Hall–Kier alpha value is -2.35. The van der Waals surface area contributed by atoms with E-state index in [1.54, 1.807) is 0 Å². The monoisotopic (exact) mass is 365 g/mol. The predicted octanol–water partition coefficient (Wildman–Crippen LogP) is -0.0170. The van der Waals surface area contributed by atoms with E-state index in [2.05, 4.69) is 23.3 Å². The van der Waals surface area contributed by atoms with Gasteiger partial charge in [0.05, 0.1) is 5.75 Å². The molecule has 0 heterocycles. The molecule has 2 atom stereocenters. The molecule has 8 heteroatoms. The van der Waals surface area contributed by atoms with Gasteiger partial charge in [-0.1, -0.05) is 30.3 Å². The lowest BCUT2D eigenvalue weighted by atomic mass is 10.0. The molecule has 7 nitrogen and oxygen atoms in total. The second kappa shape index (κ2) is 10.5. The standard InChI is InChI=1S/C17H23N3O4S/c1-11(21)7-8-13(16(18)23)20-17(24)14(19-15(22)10-25)9-12-5-3-2-4-6-12/h2-6,13-14,25H,7-10H2,1H3,(H2,18,23)(H,19,22)(H,20,24)/t13-,14-/m0/s1. The molecule has 3 amide bonds. The SMILES string of the molecule is CC(=O)CC[C@H](NC(=O)[C@H](Cc1ccccc1)NC(=O)CS)C(N)=O. The van der Waals surface area contributed by atoms with Crippen molar-refractivity contribution in [1.29, 1.82) is 0 Å². The van der Waals surface area contributed by atoms with Crippen molar-refractivity contribution in [2.75, 3.05) is 5.75 Å². The Bertz CT molecular complexity index is 622. The molecule has 0 aliphatic rings. The lowest BCUT2D eigenvalue weighted by Gasteiger charge is -2.21. The number of nitrogens with two attached hydrogens (primary N) is 1. The Labute approximate surface area is 152 Å². The lowest BCUT2D eigenvalue weighted by molar-refractivity contribution is -0.131. The van der Waals surface area contributed by atoms with Crippen molar-refractivity contribution >= 4 is 36.1 Å². The number of hydrogen-bond acceptors (Lipinski definition) is 5. The third kappa shape index (κ3) is 7.84. The second-order valence-corrected chi connectivity index (χ2v) is 5.99. The highest BCUT2D eigenvalue weighted by Gasteiger charge is 2.25. The van der Waals surface area contributed by atoms with Crippen molar-refractivity contribution in [2.24, 2.45) is 5.73 Å². The van der Waals surface area contributed by atoms with Crippen LogP contribution in [0, 0.1) is 0 Å². The molecular formula is C17H23N3O4S. The summed E-state index contributed by atoms with van der Waals surface area (Å²) in [7, 11) is 0. The minimum atomic E-state index is -0.970. The molecule has 1 aromatic carbocycles. The lowest BCUT2D eigenvalue weighted by Crippen LogP contribution is -2.54. The van der Waals surface area contributed by atoms with E-state index < -0.39 is 29.8 Å². The molecule has 0 radical (unpaired) electrons. The molecule has 0 saturated heterocycles. The number of ketones is 1. The zero-order valence-corrected chi connectivity index (χ0v) is 14.9. The Morgan fingerprint density at radius 2 is 1.72 bits per heavy atom. The van der Waals surface area contributed by atoms with Crippen molar-refractivity contribution in [3.8, 4) is 0 Å². The minimum Gasteiger partial charge on any atom is -0.368 e. The van der Waals surface area contributed by atoms with Crippen LogP contribution in [0.15, 0.2) is 30.3 Å². The molecule has 0 unspecified atom stereocenters. The van der Waals surface area contributed by atoms with Crippen LogP contribution in [-0.4, -0.2) is 41.3 Å². The zero-order chi connectivity index (χ0) is 18.8. The minimum absolute atomic E-state index is 0.0673. The summed E-state index contributed by atoms with van der Waals surface area (Å²) in [5.41, 5.74) is 6.14. The summed E-state index contributed by atoms with van der Waals surface area (Å²) in [5, 5.41) is 5.09. The van der Waals surface area contributed by atoms with Crippen LogP contribution in [-0.2, 0) is 25.6 Å². The quantitative estimate of drug-likeness (QED) is 0.436. The average Bonchev–Trinajstić information content (AvgIpc) is 2.58. The van der Waals surface area contributed by atoms with E-state index in [1.807, 2.05) is 30.3 Å². The summed E-state index contributed by atoms with van der Waals surface area (Å²) in [4.78, 5) is 46.8. The van der Waals surface area contributed by atoms with Crippen LogP contribution in [0.3, 0.4) is 0 Å². The zero-order valence-electron chi connectivity index (χ0n) is 14.0. The number of hydrogen-bond donors (Lipinski definition) is 4. The number of nitrogens with one attached hydrogen (secondary N) is 2. The first-order valence-corrected chi connectivity index (χ1v) is 8.50. The van der Waals surface area contributed by atoms with Gasteiger partial charge in [0.1, 0.15) is 17.9 Å². The molecule has 0 fully saturated rings. The van der Waals surface area contributed by atoms with Gasteiger partial charge in [0.15, 0.2) is 0 Å². The van der Waals surface area contributed by atoms with E-state index in [0.29, 0.717) is 0 Å². The number of thiol groups is 1. The maximum Gasteiger partial charge on any atom is 0.243 e. The third-order valence-corrected chi connectivity index (χ3v) is 3.81. The fourth-order valence-electron chi connectivity index (χ4n) is 2.20. The highest BCUT2D eigenvalue weighted by atomic mass is 32.1. The number of carbonyl (C=O) groups is 4. The van der Waals surface area contributed by atoms with E-state index in [-0.39, 0.29) is 30.8 Å². The van der Waals surface area contributed by atoms with Crippen LogP contribution in [0.2, 0.25) is 0 Å². The molecule has 0 spiro atoms. The third-order valence-electron chi connectivity index (χ3n) is 3.52. The maximum absolute atomic E-state index is 12.5. The molecule has 25 heavy (non-hydrogen) atoms. The topological polar surface area (TPSA) is 118 Å². The highest BCUT2D eigenvalue weighted by molar-refractivity contribution is 7.81. The molecule has 0 aliphatic heterocycles. The Kier molecular flexibility index (Phi) is 8.69. The number of carbonyl (C=O) groups excluding carboxylic acids is 4. The normalized spacial score (nSPS) is 12.7. The molecule has 0 aliphatic carbocycles. The number of benzene rings is 1. The maximum atomic E-state index is 12.5. The molecule has 0 saturated carbocycles. The van der Waals surface area contributed by atoms with E-state index in [0.717, 1.165) is 5.56 Å². The molecule has 0 bridgehead atoms. The largest absolute Gasteiger partial charge is 0.368 e. The smallest absolute Gasteiger partial charge is 0.243 e. The molecule has 1 aromatic rings. The molecule has 0 aromatic heterocycles. The summed E-state index contributed by atoms with van der Waals surface area (Å²) < 4.78 is 0. The molecular weight excluding hydrogens is 342 g/mol. The number of primary amides is 1. The van der Waals surface area contributed by atoms with Gasteiger partial charge in [-0.15, -0.1) is 0 Å². The van der Waals surface area contributed by atoms with Gasteiger partial charge in [0.25, 0.3) is 0 Å². The Morgan fingerprint density at radius 3 is 2.24 bits per heavy atom. The first-order chi connectivity index (χ1) is 11.8. The van der Waals surface area contributed by atoms with E-state index in [4.69, 9.17) is 5.73 Å². The van der Waals surface area contributed by atoms with Gasteiger partial charge in [0, 0.05) is 12.8 Å². The number of Topliss-reactive ketones (excluding diaryl/α,β-unsaturated/α-hetero) is 1. The van der Waals surface area contributed by atoms with Gasteiger partial charge in [-0.3, -0.25) is 14.4 Å². The molecule has 1 rings (SSSR count). The van der Waals surface area contributed by atoms with Crippen LogP contribution in [0.25, 0.3) is 0 Å². The fraction of sp³-hybridized carbons (Fsp3) is 0.412. The molecule has 136 valence electrons. The van der Waals surface area contributed by atoms with Crippen LogP contribution < -0.4 is 16.4 Å². The van der Waals surface area contributed by atoms with Crippen molar-refractivity contribution in [1.82, 2.24) is 10.6 Å². The predicted molar refractivity (Wildman–Crippen MR) is 97.0 cm³/mol. The first kappa shape index (κ1) is 20.7. The number of amides is 3. The van der Waals surface area contributed by atoms with Gasteiger partial charge >= 0.3 is 0 Å². The van der Waals surface area contributed by atoms with Crippen LogP contribution in [0.4, 0.5) is 0 Å². The van der Waals surface area contributed by atoms with Crippen molar-refractivity contribution < 1.29 is 19.2 Å². The Morgan fingerprint density at radius 1 is 1.08 bits per heavy atom. The second-order valence-electron chi connectivity index (χ2n) is 5.67.